The molecule has 6 nitrogen and oxygen atoms in total. The van der Waals surface area contributed by atoms with Crippen molar-refractivity contribution in [3.05, 3.63) is 28.8 Å². The number of cyclic esters (lactones) is 1. The van der Waals surface area contributed by atoms with E-state index < -0.39 is 23.9 Å². The van der Waals surface area contributed by atoms with Crippen LogP contribution in [0.3, 0.4) is 0 Å². The molecular formula is C14H14N2O4. The van der Waals surface area contributed by atoms with Gasteiger partial charge in [-0.3, -0.25) is 9.59 Å². The van der Waals surface area contributed by atoms with Crippen LogP contribution in [0.5, 0.6) is 0 Å². The summed E-state index contributed by atoms with van der Waals surface area (Å²) in [6.45, 7) is 4.21. The van der Waals surface area contributed by atoms with Crippen LogP contribution in [0.1, 0.15) is 21.5 Å². The average molecular weight is 274 g/mol. The van der Waals surface area contributed by atoms with Crippen LogP contribution in [0.2, 0.25) is 0 Å². The predicted molar refractivity (Wildman–Crippen MR) is 70.9 cm³/mol. The highest BCUT2D eigenvalue weighted by Crippen LogP contribution is 2.34. The summed E-state index contributed by atoms with van der Waals surface area (Å²) in [5, 5.41) is 2.54. The maximum Gasteiger partial charge on any atom is 0.407 e. The number of aryl methyl sites for hydroxylation is 2. The molecule has 0 radical (unpaired) electrons. The van der Waals surface area contributed by atoms with Crippen LogP contribution in [-0.4, -0.2) is 37.0 Å². The first-order valence-electron chi connectivity index (χ1n) is 6.40. The van der Waals surface area contributed by atoms with Crippen LogP contribution >= 0.6 is 0 Å². The molecule has 1 unspecified atom stereocenters. The van der Waals surface area contributed by atoms with Gasteiger partial charge in [0.2, 0.25) is 0 Å². The zero-order chi connectivity index (χ0) is 14.4. The van der Waals surface area contributed by atoms with Gasteiger partial charge in [0.15, 0.2) is 0 Å². The van der Waals surface area contributed by atoms with E-state index in [2.05, 4.69) is 5.32 Å². The van der Waals surface area contributed by atoms with E-state index in [0.29, 0.717) is 17.8 Å². The van der Waals surface area contributed by atoms with Crippen molar-refractivity contribution in [2.24, 2.45) is 0 Å². The van der Waals surface area contributed by atoms with Crippen LogP contribution < -0.4 is 10.2 Å². The Morgan fingerprint density at radius 3 is 2.60 bits per heavy atom. The third-order valence-electron chi connectivity index (χ3n) is 3.66. The fourth-order valence-corrected chi connectivity index (χ4v) is 2.67. The highest BCUT2D eigenvalue weighted by molar-refractivity contribution is 6.52. The number of ketones is 1. The van der Waals surface area contributed by atoms with E-state index >= 15 is 0 Å². The standard InChI is InChI=1S/C14H14N2O4/c1-7-3-4-8(2)11-10(7)12(17)13(18)16(11)6-9-5-15-14(19)20-9/h3-4,9H,5-6H2,1-2H3,(H,15,19). The second kappa shape index (κ2) is 4.33. The van der Waals surface area contributed by atoms with Gasteiger partial charge in [-0.1, -0.05) is 12.1 Å². The summed E-state index contributed by atoms with van der Waals surface area (Å²) >= 11 is 0. The van der Waals surface area contributed by atoms with Crippen LogP contribution in [0.4, 0.5) is 10.5 Å². The lowest BCUT2D eigenvalue weighted by Gasteiger charge is -2.21. The molecule has 104 valence electrons. The fraction of sp³-hybridized carbons (Fsp3) is 0.357. The number of nitrogens with one attached hydrogen (secondary N) is 1. The molecule has 2 aliphatic heterocycles. The lowest BCUT2D eigenvalue weighted by molar-refractivity contribution is -0.114. The predicted octanol–water partition coefficient (Wildman–Crippen LogP) is 0.941. The SMILES string of the molecule is Cc1ccc(C)c2c1C(=O)C(=O)N2CC1CNC(=O)O1. The number of Topliss-reactive ketones (excluding diaryl/α,β-unsaturated/α-hetero) is 1. The molecule has 1 aromatic rings. The number of alkyl carbamates (subject to hydrolysis) is 1. The molecule has 3 rings (SSSR count). The van der Waals surface area contributed by atoms with Crippen molar-refractivity contribution < 1.29 is 19.1 Å². The van der Waals surface area contributed by atoms with Gasteiger partial charge in [-0.2, -0.15) is 0 Å². The van der Waals surface area contributed by atoms with Crippen molar-refractivity contribution in [2.45, 2.75) is 20.0 Å². The van der Waals surface area contributed by atoms with Gasteiger partial charge in [-0.25, -0.2) is 4.79 Å². The molecule has 1 fully saturated rings. The van der Waals surface area contributed by atoms with Crippen molar-refractivity contribution in [3.63, 3.8) is 0 Å². The smallest absolute Gasteiger partial charge is 0.407 e. The van der Waals surface area contributed by atoms with E-state index in [1.165, 1.54) is 4.90 Å². The molecule has 1 saturated heterocycles. The lowest BCUT2D eigenvalue weighted by Crippen LogP contribution is -2.38. The molecule has 0 saturated carbocycles. The number of hydrogen-bond acceptors (Lipinski definition) is 4. The number of amides is 2. The minimum Gasteiger partial charge on any atom is -0.442 e. The van der Waals surface area contributed by atoms with E-state index in [1.807, 2.05) is 26.0 Å². The monoisotopic (exact) mass is 274 g/mol. The van der Waals surface area contributed by atoms with E-state index in [9.17, 15) is 14.4 Å². The fourth-order valence-electron chi connectivity index (χ4n) is 2.67. The van der Waals surface area contributed by atoms with Crippen LogP contribution in [0, 0.1) is 13.8 Å². The molecular weight excluding hydrogens is 260 g/mol. The quantitative estimate of drug-likeness (QED) is 0.814. The summed E-state index contributed by atoms with van der Waals surface area (Å²) in [4.78, 5) is 36.7. The first-order chi connectivity index (χ1) is 9.49. The molecule has 0 aromatic heterocycles. The number of hydrogen-bond donors (Lipinski definition) is 1. The number of nitrogens with zero attached hydrogens (tertiary/aromatic N) is 1. The number of fused-ring (bicyclic) bond motifs is 1. The van der Waals surface area contributed by atoms with E-state index in [4.69, 9.17) is 4.74 Å². The van der Waals surface area contributed by atoms with Crippen molar-refractivity contribution in [1.29, 1.82) is 0 Å². The Labute approximate surface area is 115 Å². The third-order valence-corrected chi connectivity index (χ3v) is 3.66. The molecule has 0 bridgehead atoms. The second-order valence-electron chi connectivity index (χ2n) is 5.08. The largest absolute Gasteiger partial charge is 0.442 e. The van der Waals surface area contributed by atoms with Gasteiger partial charge in [0.25, 0.3) is 11.7 Å². The maximum absolute atomic E-state index is 12.2. The van der Waals surface area contributed by atoms with Gasteiger partial charge in [0.05, 0.1) is 24.3 Å². The highest BCUT2D eigenvalue weighted by Gasteiger charge is 2.40. The zero-order valence-electron chi connectivity index (χ0n) is 11.2. The Hall–Kier alpha value is -2.37. The molecule has 0 aliphatic carbocycles. The molecule has 1 N–H and O–H groups in total. The molecule has 1 aromatic carbocycles. The van der Waals surface area contributed by atoms with E-state index in [-0.39, 0.29) is 6.54 Å². The molecule has 20 heavy (non-hydrogen) atoms. The summed E-state index contributed by atoms with van der Waals surface area (Å²) < 4.78 is 5.04. The van der Waals surface area contributed by atoms with Crippen LogP contribution in [0.25, 0.3) is 0 Å². The van der Waals surface area contributed by atoms with Crippen molar-refractivity contribution in [3.8, 4) is 0 Å². The van der Waals surface area contributed by atoms with Gasteiger partial charge in [-0.05, 0) is 25.0 Å². The van der Waals surface area contributed by atoms with Crippen LogP contribution in [0.15, 0.2) is 12.1 Å². The molecule has 0 spiro atoms. The van der Waals surface area contributed by atoms with Gasteiger partial charge in [-0.15, -0.1) is 0 Å². The Morgan fingerprint density at radius 2 is 1.95 bits per heavy atom. The second-order valence-corrected chi connectivity index (χ2v) is 5.08. The summed E-state index contributed by atoms with van der Waals surface area (Å²) in [6, 6.07) is 3.71. The number of anilines is 1. The minimum atomic E-state index is -0.555. The topological polar surface area (TPSA) is 75.7 Å². The van der Waals surface area contributed by atoms with E-state index in [1.54, 1.807) is 0 Å². The Morgan fingerprint density at radius 1 is 1.25 bits per heavy atom. The Bertz CT molecular complexity index is 638. The summed E-state index contributed by atoms with van der Waals surface area (Å²) in [6.07, 6.45) is -0.917. The Balaban J connectivity index is 1.98. The number of rotatable bonds is 2. The van der Waals surface area contributed by atoms with E-state index in [0.717, 1.165) is 11.1 Å². The number of ether oxygens (including phenoxy) is 1. The first-order valence-corrected chi connectivity index (χ1v) is 6.40. The molecule has 6 heteroatoms. The Kier molecular flexibility index (Phi) is 2.74. The highest BCUT2D eigenvalue weighted by atomic mass is 16.6. The molecule has 2 aliphatic rings. The summed E-state index contributed by atoms with van der Waals surface area (Å²) in [5.41, 5.74) is 2.75. The summed E-state index contributed by atoms with van der Waals surface area (Å²) in [5.74, 6) is -1.04. The van der Waals surface area contributed by atoms with Crippen molar-refractivity contribution >= 4 is 23.5 Å². The number of carbonyl (C=O) groups is 3. The minimum absolute atomic E-state index is 0.195. The first kappa shape index (κ1) is 12.7. The van der Waals surface area contributed by atoms with Gasteiger partial charge in [0, 0.05) is 0 Å². The van der Waals surface area contributed by atoms with Gasteiger partial charge < -0.3 is 15.0 Å². The maximum atomic E-state index is 12.2. The normalized spacial score (nSPS) is 21.0. The average Bonchev–Trinajstić information content (AvgIpc) is 2.92. The number of carbonyl (C=O) groups excluding carboxylic acids is 3. The molecule has 1 atom stereocenters. The zero-order valence-corrected chi connectivity index (χ0v) is 11.2. The van der Waals surface area contributed by atoms with Gasteiger partial charge >= 0.3 is 6.09 Å². The molecule has 2 amide bonds. The van der Waals surface area contributed by atoms with Crippen molar-refractivity contribution in [2.75, 3.05) is 18.0 Å². The van der Waals surface area contributed by atoms with Crippen LogP contribution in [-0.2, 0) is 9.53 Å². The van der Waals surface area contributed by atoms with Gasteiger partial charge in [0.1, 0.15) is 6.10 Å². The number of benzene rings is 1. The third kappa shape index (κ3) is 1.76. The molecule has 2 heterocycles. The van der Waals surface area contributed by atoms with Crippen molar-refractivity contribution in [1.82, 2.24) is 5.32 Å². The summed E-state index contributed by atoms with van der Waals surface area (Å²) in [7, 11) is 0. The lowest BCUT2D eigenvalue weighted by atomic mass is 10.0.